The van der Waals surface area contributed by atoms with Crippen LogP contribution in [0.5, 0.6) is 0 Å². The molecule has 0 heterocycles. The molecule has 40 heavy (non-hydrogen) atoms. The Hall–Kier alpha value is -1.66. The highest BCUT2D eigenvalue weighted by molar-refractivity contribution is 7.89. The molecule has 0 aliphatic heterocycles. The molecular formula is C34H52N2O3S. The number of fused-ring (bicyclic) bond motifs is 5. The molecule has 222 valence electrons. The van der Waals surface area contributed by atoms with Crippen molar-refractivity contribution in [3.63, 3.8) is 0 Å². The Bertz CT molecular complexity index is 1240. The number of hydrazone groups is 1. The van der Waals surface area contributed by atoms with Gasteiger partial charge in [0.05, 0.1) is 16.7 Å². The standard InChI is InChI=1S/C34H52N2O3S/c1-22(2)8-7-9-24(4)28-14-15-29-32-30(17-19-34(28,29)6)33(5)18-16-26(20-25(33)21-31(32)37)35-36-40(38,39)27-12-10-23(3)11-13-27/h10-13,20,22,24,28-32,36-37H,7-9,14-19,21H2,1-6H3/b35-26-/t24-,28-,29+,30?,31+,32?,33+,34-/m1/s1. The second-order valence-corrected chi connectivity index (χ2v) is 16.4. The van der Waals surface area contributed by atoms with Crippen LogP contribution in [0.25, 0.3) is 0 Å². The van der Waals surface area contributed by atoms with E-state index in [4.69, 9.17) is 0 Å². The second kappa shape index (κ2) is 11.2. The van der Waals surface area contributed by atoms with Crippen LogP contribution in [0, 0.1) is 53.3 Å². The summed E-state index contributed by atoms with van der Waals surface area (Å²) in [5.41, 5.74) is 3.45. The third-order valence-corrected chi connectivity index (χ3v) is 13.1. The van der Waals surface area contributed by atoms with Crippen LogP contribution in [0.2, 0.25) is 0 Å². The number of nitrogens with zero attached hydrogens (tertiary/aromatic N) is 1. The molecule has 4 aliphatic rings. The lowest BCUT2D eigenvalue weighted by atomic mass is 9.45. The first-order chi connectivity index (χ1) is 18.8. The lowest BCUT2D eigenvalue weighted by Crippen LogP contribution is -2.55. The molecule has 8 atom stereocenters. The molecule has 5 rings (SSSR count). The van der Waals surface area contributed by atoms with Crippen molar-refractivity contribution in [1.82, 2.24) is 4.83 Å². The van der Waals surface area contributed by atoms with Gasteiger partial charge in [0, 0.05) is 0 Å². The fourth-order valence-electron chi connectivity index (χ4n) is 9.54. The number of aryl methyl sites for hydroxylation is 1. The Balaban J connectivity index is 1.31. The number of allylic oxidation sites excluding steroid dienone is 1. The summed E-state index contributed by atoms with van der Waals surface area (Å²) in [5.74, 6) is 3.77. The minimum absolute atomic E-state index is 0.0566. The van der Waals surface area contributed by atoms with E-state index >= 15 is 0 Å². The number of aliphatic hydroxyl groups is 1. The molecule has 4 aliphatic carbocycles. The van der Waals surface area contributed by atoms with Gasteiger partial charge in [-0.25, -0.2) is 0 Å². The van der Waals surface area contributed by atoms with Crippen LogP contribution in [0.3, 0.4) is 0 Å². The maximum Gasteiger partial charge on any atom is 0.276 e. The van der Waals surface area contributed by atoms with E-state index in [9.17, 15) is 13.5 Å². The van der Waals surface area contributed by atoms with Crippen molar-refractivity contribution >= 4 is 15.7 Å². The number of aliphatic hydroxyl groups excluding tert-OH is 1. The molecule has 0 aromatic heterocycles. The molecule has 0 bridgehead atoms. The lowest BCUT2D eigenvalue weighted by Gasteiger charge is -2.60. The maximum atomic E-state index is 12.8. The van der Waals surface area contributed by atoms with Crippen molar-refractivity contribution in [1.29, 1.82) is 0 Å². The van der Waals surface area contributed by atoms with Gasteiger partial charge in [0.15, 0.2) is 0 Å². The van der Waals surface area contributed by atoms with Gasteiger partial charge in [0.1, 0.15) is 0 Å². The lowest BCUT2D eigenvalue weighted by molar-refractivity contribution is -0.111. The SMILES string of the molecule is Cc1ccc(S(=O)(=O)N/N=C2\C=C3C[C@H](O)C4C(CC[C@]5(C)[C@@H]([C@H](C)CCCC(C)C)CC[C@@H]45)[C@@]3(C)CC2)cc1. The van der Waals surface area contributed by atoms with Crippen molar-refractivity contribution in [3.05, 3.63) is 41.5 Å². The molecule has 0 saturated heterocycles. The van der Waals surface area contributed by atoms with Crippen molar-refractivity contribution in [2.45, 2.75) is 117 Å². The second-order valence-electron chi connectivity index (χ2n) is 14.7. The van der Waals surface area contributed by atoms with Crippen molar-refractivity contribution < 1.29 is 13.5 Å². The molecule has 0 amide bonds. The average molecular weight is 569 g/mol. The van der Waals surface area contributed by atoms with Gasteiger partial charge in [0.2, 0.25) is 0 Å². The third kappa shape index (κ3) is 5.44. The smallest absolute Gasteiger partial charge is 0.276 e. The minimum Gasteiger partial charge on any atom is -0.392 e. The summed E-state index contributed by atoms with van der Waals surface area (Å²) in [7, 11) is -3.71. The van der Waals surface area contributed by atoms with Crippen LogP contribution in [-0.4, -0.2) is 25.3 Å². The highest BCUT2D eigenvalue weighted by Crippen LogP contribution is 2.67. The number of sulfonamides is 1. The first-order valence-corrected chi connectivity index (χ1v) is 17.4. The van der Waals surface area contributed by atoms with E-state index in [0.717, 1.165) is 41.9 Å². The van der Waals surface area contributed by atoms with Crippen LogP contribution in [0.4, 0.5) is 0 Å². The third-order valence-electron chi connectivity index (χ3n) is 11.8. The monoisotopic (exact) mass is 568 g/mol. The zero-order chi connectivity index (χ0) is 28.9. The Morgan fingerprint density at radius 3 is 2.45 bits per heavy atom. The molecule has 6 heteroatoms. The van der Waals surface area contributed by atoms with E-state index in [1.807, 2.05) is 6.92 Å². The van der Waals surface area contributed by atoms with Gasteiger partial charge >= 0.3 is 0 Å². The van der Waals surface area contributed by atoms with Gasteiger partial charge in [0.25, 0.3) is 10.0 Å². The highest BCUT2D eigenvalue weighted by atomic mass is 32.2. The maximum absolute atomic E-state index is 12.8. The van der Waals surface area contributed by atoms with E-state index in [-0.39, 0.29) is 16.4 Å². The summed E-state index contributed by atoms with van der Waals surface area (Å²) < 4.78 is 25.6. The number of hydrogen-bond donors (Lipinski definition) is 2. The molecule has 5 nitrogen and oxygen atoms in total. The molecule has 2 unspecified atom stereocenters. The summed E-state index contributed by atoms with van der Waals surface area (Å²) in [6, 6.07) is 6.82. The molecule has 3 fully saturated rings. The number of rotatable bonds is 8. The Morgan fingerprint density at radius 1 is 1.02 bits per heavy atom. The van der Waals surface area contributed by atoms with Crippen molar-refractivity contribution in [2.75, 3.05) is 0 Å². The Kier molecular flexibility index (Phi) is 8.35. The van der Waals surface area contributed by atoms with E-state index in [0.29, 0.717) is 29.6 Å². The summed E-state index contributed by atoms with van der Waals surface area (Å²) >= 11 is 0. The summed E-state index contributed by atoms with van der Waals surface area (Å²) in [4.78, 5) is 2.69. The van der Waals surface area contributed by atoms with Crippen LogP contribution < -0.4 is 4.83 Å². The van der Waals surface area contributed by atoms with Crippen LogP contribution in [0.15, 0.2) is 45.9 Å². The number of nitrogens with one attached hydrogen (secondary N) is 1. The van der Waals surface area contributed by atoms with Crippen LogP contribution in [0.1, 0.15) is 104 Å². The van der Waals surface area contributed by atoms with Gasteiger partial charge in [-0.1, -0.05) is 77.2 Å². The van der Waals surface area contributed by atoms with Gasteiger partial charge in [-0.3, -0.25) is 0 Å². The highest BCUT2D eigenvalue weighted by Gasteiger charge is 2.61. The minimum atomic E-state index is -3.71. The van der Waals surface area contributed by atoms with E-state index in [1.165, 1.54) is 50.5 Å². The Labute approximate surface area is 243 Å². The van der Waals surface area contributed by atoms with Gasteiger partial charge in [-0.2, -0.15) is 18.4 Å². The molecule has 0 spiro atoms. The van der Waals surface area contributed by atoms with Crippen LogP contribution >= 0.6 is 0 Å². The molecule has 1 aromatic rings. The topological polar surface area (TPSA) is 78.8 Å². The fourth-order valence-corrected chi connectivity index (χ4v) is 10.4. The predicted molar refractivity (Wildman–Crippen MR) is 163 cm³/mol. The van der Waals surface area contributed by atoms with E-state index in [1.54, 1.807) is 24.3 Å². The average Bonchev–Trinajstić information content (AvgIpc) is 3.25. The number of benzene rings is 1. The first-order valence-electron chi connectivity index (χ1n) is 15.9. The predicted octanol–water partition coefficient (Wildman–Crippen LogP) is 7.64. The fraction of sp³-hybridized carbons (Fsp3) is 0.735. The van der Waals surface area contributed by atoms with E-state index in [2.05, 4.69) is 50.6 Å². The summed E-state index contributed by atoms with van der Waals surface area (Å²) in [6.07, 6.45) is 13.2. The van der Waals surface area contributed by atoms with Gasteiger partial charge in [-0.15, -0.1) is 0 Å². The summed E-state index contributed by atoms with van der Waals surface area (Å²) in [5, 5.41) is 16.0. The molecular weight excluding hydrogens is 516 g/mol. The van der Waals surface area contributed by atoms with Crippen molar-refractivity contribution in [3.8, 4) is 0 Å². The molecule has 3 saturated carbocycles. The zero-order valence-corrected chi connectivity index (χ0v) is 26.4. The largest absolute Gasteiger partial charge is 0.392 e. The molecule has 1 aromatic carbocycles. The van der Waals surface area contributed by atoms with Crippen LogP contribution in [-0.2, 0) is 10.0 Å². The first kappa shape index (κ1) is 29.8. The quantitative estimate of drug-likeness (QED) is 0.316. The summed E-state index contributed by atoms with van der Waals surface area (Å²) in [6.45, 7) is 14.1. The molecule has 2 N–H and O–H groups in total. The van der Waals surface area contributed by atoms with E-state index < -0.39 is 10.0 Å². The van der Waals surface area contributed by atoms with Crippen molar-refractivity contribution in [2.24, 2.45) is 51.4 Å². The van der Waals surface area contributed by atoms with Gasteiger partial charge in [-0.05, 0) is 116 Å². The number of hydrogen-bond acceptors (Lipinski definition) is 4. The van der Waals surface area contributed by atoms with Gasteiger partial charge < -0.3 is 5.11 Å². The Morgan fingerprint density at radius 2 is 1.75 bits per heavy atom. The normalized spacial score (nSPS) is 37.5. The zero-order valence-electron chi connectivity index (χ0n) is 25.6. The molecule has 0 radical (unpaired) electrons.